The van der Waals surface area contributed by atoms with E-state index in [0.717, 1.165) is 0 Å². The summed E-state index contributed by atoms with van der Waals surface area (Å²) in [6.07, 6.45) is 10.8. The third kappa shape index (κ3) is 1.41. The lowest BCUT2D eigenvalue weighted by Gasteiger charge is -1.98. The van der Waals surface area contributed by atoms with Crippen molar-refractivity contribution in [2.45, 2.75) is 0 Å². The second-order valence-corrected chi connectivity index (χ2v) is 2.80. The highest BCUT2D eigenvalue weighted by Crippen LogP contribution is 2.12. The van der Waals surface area contributed by atoms with Crippen molar-refractivity contribution in [3.8, 4) is 0 Å². The first-order chi connectivity index (χ1) is 3.93. The van der Waals surface area contributed by atoms with Crippen molar-refractivity contribution in [2.24, 2.45) is 5.92 Å². The van der Waals surface area contributed by atoms with Crippen LogP contribution < -0.4 is 0 Å². The summed E-state index contributed by atoms with van der Waals surface area (Å²) in [4.78, 5) is 0. The number of hydrogen-bond donors (Lipinski definition) is 0. The van der Waals surface area contributed by atoms with Crippen LogP contribution in [-0.4, -0.2) is 12.0 Å². The van der Waals surface area contributed by atoms with Gasteiger partial charge in [0, 0.05) is 11.7 Å². The lowest BCUT2D eigenvalue weighted by atomic mass is 10.2. The van der Waals surface area contributed by atoms with Crippen LogP contribution in [0.3, 0.4) is 0 Å². The molecule has 1 aliphatic rings. The largest absolute Gasteiger partial charge is 0.164 e. The Hall–Kier alpha value is -0.170. The first-order valence-electron chi connectivity index (χ1n) is 2.77. The summed E-state index contributed by atoms with van der Waals surface area (Å²) in [7, 11) is 0. The van der Waals surface area contributed by atoms with Gasteiger partial charge in [0.15, 0.2) is 0 Å². The molecule has 0 spiro atoms. The molecule has 0 unspecified atom stereocenters. The van der Waals surface area contributed by atoms with Crippen molar-refractivity contribution in [3.05, 3.63) is 24.3 Å². The second-order valence-electron chi connectivity index (χ2n) is 1.89. The van der Waals surface area contributed by atoms with Crippen LogP contribution in [0.5, 0.6) is 0 Å². The predicted molar refractivity (Wildman–Crippen MR) is 40.2 cm³/mol. The molecule has 0 aromatic carbocycles. The molecule has 0 heterocycles. The Morgan fingerprint density at radius 2 is 2.00 bits per heavy atom. The molecule has 0 aromatic rings. The number of allylic oxidation sites excluding steroid dienone is 4. The zero-order chi connectivity index (χ0) is 5.82. The van der Waals surface area contributed by atoms with E-state index < -0.39 is 0 Å². The summed E-state index contributed by atoms with van der Waals surface area (Å²) in [5, 5.41) is 0. The minimum Gasteiger partial charge on any atom is -0.164 e. The highest BCUT2D eigenvalue weighted by Gasteiger charge is 1.99. The van der Waals surface area contributed by atoms with Gasteiger partial charge in [0.05, 0.1) is 0 Å². The molecule has 1 heteroatoms. The van der Waals surface area contributed by atoms with Gasteiger partial charge in [-0.3, -0.25) is 0 Å². The van der Waals surface area contributed by atoms with Gasteiger partial charge in [-0.15, -0.1) is 0 Å². The molecule has 0 nitrogen and oxygen atoms in total. The van der Waals surface area contributed by atoms with E-state index in [1.807, 2.05) is 11.8 Å². The first-order valence-corrected chi connectivity index (χ1v) is 4.17. The Labute approximate surface area is 54.7 Å². The maximum Gasteiger partial charge on any atom is 0.00434 e. The predicted octanol–water partition coefficient (Wildman–Crippen LogP) is 2.09. The molecule has 0 radical (unpaired) electrons. The molecule has 44 valence electrons. The van der Waals surface area contributed by atoms with Gasteiger partial charge >= 0.3 is 0 Å². The number of rotatable bonds is 2. The molecule has 1 aliphatic carbocycles. The van der Waals surface area contributed by atoms with Gasteiger partial charge in [-0.2, -0.15) is 11.8 Å². The first kappa shape index (κ1) is 5.96. The quantitative estimate of drug-likeness (QED) is 0.546. The Morgan fingerprint density at radius 1 is 1.38 bits per heavy atom. The molecule has 0 aliphatic heterocycles. The molecule has 0 fully saturated rings. The average molecular weight is 126 g/mol. The molecule has 1 rings (SSSR count). The summed E-state index contributed by atoms with van der Waals surface area (Å²) in [6.45, 7) is 0. The third-order valence-electron chi connectivity index (χ3n) is 1.19. The Bertz CT molecular complexity index is 102. The Morgan fingerprint density at radius 3 is 2.50 bits per heavy atom. The number of thioether (sulfide) groups is 1. The zero-order valence-electron chi connectivity index (χ0n) is 5.00. The van der Waals surface area contributed by atoms with Gasteiger partial charge < -0.3 is 0 Å². The van der Waals surface area contributed by atoms with E-state index in [2.05, 4.69) is 30.6 Å². The average Bonchev–Trinajstić information content (AvgIpc) is 2.19. The molecule has 0 bridgehead atoms. The van der Waals surface area contributed by atoms with Crippen molar-refractivity contribution in [2.75, 3.05) is 12.0 Å². The second kappa shape index (κ2) is 2.98. The van der Waals surface area contributed by atoms with Crippen LogP contribution in [0.1, 0.15) is 0 Å². The monoisotopic (exact) mass is 126 g/mol. The van der Waals surface area contributed by atoms with Crippen LogP contribution in [-0.2, 0) is 0 Å². The van der Waals surface area contributed by atoms with E-state index in [-0.39, 0.29) is 0 Å². The van der Waals surface area contributed by atoms with Crippen LogP contribution in [0.2, 0.25) is 0 Å². The van der Waals surface area contributed by atoms with Crippen molar-refractivity contribution >= 4 is 11.8 Å². The van der Waals surface area contributed by atoms with Crippen LogP contribution in [0.4, 0.5) is 0 Å². The normalized spacial score (nSPS) is 18.1. The van der Waals surface area contributed by atoms with E-state index >= 15 is 0 Å². The summed E-state index contributed by atoms with van der Waals surface area (Å²) in [6, 6.07) is 0. The fourth-order valence-corrected chi connectivity index (χ4v) is 1.39. The minimum atomic E-state index is 0.713. The van der Waals surface area contributed by atoms with E-state index in [9.17, 15) is 0 Å². The molecule has 0 saturated carbocycles. The van der Waals surface area contributed by atoms with Gasteiger partial charge in [0.25, 0.3) is 0 Å². The highest BCUT2D eigenvalue weighted by molar-refractivity contribution is 7.98. The SMILES string of the molecule is CSCC1C=CC=C1. The van der Waals surface area contributed by atoms with Gasteiger partial charge in [-0.25, -0.2) is 0 Å². The summed E-state index contributed by atoms with van der Waals surface area (Å²) in [5.74, 6) is 1.94. The zero-order valence-corrected chi connectivity index (χ0v) is 5.82. The molecular formula is C7H10S. The lowest BCUT2D eigenvalue weighted by molar-refractivity contribution is 0.978. The standard InChI is InChI=1S/C7H10S/c1-8-6-7-4-2-3-5-7/h2-5,7H,6H2,1H3. The summed E-state index contributed by atoms with van der Waals surface area (Å²) < 4.78 is 0. The number of hydrogen-bond acceptors (Lipinski definition) is 1. The van der Waals surface area contributed by atoms with Gasteiger partial charge in [0.2, 0.25) is 0 Å². The van der Waals surface area contributed by atoms with E-state index in [1.165, 1.54) is 5.75 Å². The molecule has 0 aromatic heterocycles. The van der Waals surface area contributed by atoms with Crippen LogP contribution >= 0.6 is 11.8 Å². The topological polar surface area (TPSA) is 0 Å². The highest BCUT2D eigenvalue weighted by atomic mass is 32.2. The van der Waals surface area contributed by atoms with Crippen molar-refractivity contribution < 1.29 is 0 Å². The lowest BCUT2D eigenvalue weighted by Crippen LogP contribution is -1.90. The fourth-order valence-electron chi connectivity index (χ4n) is 0.781. The molecule has 0 atom stereocenters. The minimum absolute atomic E-state index is 0.713. The molecular weight excluding hydrogens is 116 g/mol. The van der Waals surface area contributed by atoms with E-state index in [4.69, 9.17) is 0 Å². The summed E-state index contributed by atoms with van der Waals surface area (Å²) >= 11 is 1.90. The Kier molecular flexibility index (Phi) is 2.22. The molecule has 0 saturated heterocycles. The van der Waals surface area contributed by atoms with Gasteiger partial charge in [-0.05, 0) is 6.26 Å². The maximum absolute atomic E-state index is 2.23. The van der Waals surface area contributed by atoms with Crippen molar-refractivity contribution in [1.29, 1.82) is 0 Å². The van der Waals surface area contributed by atoms with Crippen molar-refractivity contribution in [3.63, 3.8) is 0 Å². The van der Waals surface area contributed by atoms with Crippen LogP contribution in [0.25, 0.3) is 0 Å². The summed E-state index contributed by atoms with van der Waals surface area (Å²) in [5.41, 5.74) is 0. The molecule has 8 heavy (non-hydrogen) atoms. The maximum atomic E-state index is 2.23. The van der Waals surface area contributed by atoms with Crippen LogP contribution in [0.15, 0.2) is 24.3 Å². The molecule has 0 N–H and O–H groups in total. The van der Waals surface area contributed by atoms with E-state index in [1.54, 1.807) is 0 Å². The third-order valence-corrected chi connectivity index (χ3v) is 1.91. The van der Waals surface area contributed by atoms with E-state index in [0.29, 0.717) is 5.92 Å². The fraction of sp³-hybridized carbons (Fsp3) is 0.429. The van der Waals surface area contributed by atoms with Gasteiger partial charge in [0.1, 0.15) is 0 Å². The van der Waals surface area contributed by atoms with Crippen molar-refractivity contribution in [1.82, 2.24) is 0 Å². The Balaban J connectivity index is 2.27. The molecule has 0 amide bonds. The smallest absolute Gasteiger partial charge is 0.00434 e. The van der Waals surface area contributed by atoms with Gasteiger partial charge in [-0.1, -0.05) is 24.3 Å². The van der Waals surface area contributed by atoms with Crippen LogP contribution in [0, 0.1) is 5.92 Å².